The van der Waals surface area contributed by atoms with Crippen LogP contribution in [0.3, 0.4) is 0 Å². The van der Waals surface area contributed by atoms with Crippen LogP contribution in [0.15, 0.2) is 21.2 Å². The molecule has 0 N–H and O–H groups in total. The van der Waals surface area contributed by atoms with Gasteiger partial charge in [0, 0.05) is 20.1 Å². The van der Waals surface area contributed by atoms with E-state index in [1.165, 1.54) is 4.90 Å². The molecule has 1 aliphatic rings. The van der Waals surface area contributed by atoms with E-state index in [0.717, 1.165) is 0 Å². The first-order chi connectivity index (χ1) is 9.78. The summed E-state index contributed by atoms with van der Waals surface area (Å²) in [6.07, 6.45) is 0. The molecule has 0 aromatic carbocycles. The largest absolute Gasteiger partial charge is 0.444 e. The Balaban J connectivity index is 1.94. The van der Waals surface area contributed by atoms with E-state index in [9.17, 15) is 9.59 Å². The van der Waals surface area contributed by atoms with Crippen molar-refractivity contribution in [2.75, 3.05) is 33.3 Å². The van der Waals surface area contributed by atoms with Gasteiger partial charge in [-0.3, -0.25) is 9.59 Å². The first-order valence-corrected chi connectivity index (χ1v) is 7.50. The number of amides is 2. The standard InChI is InChI=1S/C14H19BrN2O4/c1-14(2)9-17(6-7-20-14)12(18)8-16(3)13(19)10-4-5-11(15)21-10/h4-5H,6-9H2,1-3H3. The van der Waals surface area contributed by atoms with Gasteiger partial charge in [0.15, 0.2) is 10.4 Å². The third-order valence-electron chi connectivity index (χ3n) is 3.28. The van der Waals surface area contributed by atoms with Gasteiger partial charge in [0.25, 0.3) is 5.91 Å². The number of hydrogen-bond acceptors (Lipinski definition) is 4. The Morgan fingerprint density at radius 2 is 2.14 bits per heavy atom. The quantitative estimate of drug-likeness (QED) is 0.825. The highest BCUT2D eigenvalue weighted by Gasteiger charge is 2.31. The molecule has 0 unspecified atom stereocenters. The smallest absolute Gasteiger partial charge is 0.289 e. The fourth-order valence-corrected chi connectivity index (χ4v) is 2.53. The first-order valence-electron chi connectivity index (χ1n) is 6.71. The van der Waals surface area contributed by atoms with Crippen molar-refractivity contribution in [2.24, 2.45) is 0 Å². The average Bonchev–Trinajstić information content (AvgIpc) is 2.83. The van der Waals surface area contributed by atoms with E-state index in [-0.39, 0.29) is 29.7 Å². The predicted octanol–water partition coefficient (Wildman–Crippen LogP) is 1.75. The van der Waals surface area contributed by atoms with Crippen LogP contribution >= 0.6 is 15.9 Å². The van der Waals surface area contributed by atoms with Gasteiger partial charge in [-0.1, -0.05) is 0 Å². The van der Waals surface area contributed by atoms with Gasteiger partial charge < -0.3 is 19.0 Å². The highest BCUT2D eigenvalue weighted by atomic mass is 79.9. The molecule has 1 aromatic rings. The van der Waals surface area contributed by atoms with Gasteiger partial charge in [-0.15, -0.1) is 0 Å². The summed E-state index contributed by atoms with van der Waals surface area (Å²) in [7, 11) is 1.59. The predicted molar refractivity (Wildman–Crippen MR) is 80.0 cm³/mol. The van der Waals surface area contributed by atoms with Crippen LogP contribution in [-0.4, -0.2) is 60.5 Å². The van der Waals surface area contributed by atoms with E-state index in [1.807, 2.05) is 13.8 Å². The van der Waals surface area contributed by atoms with Crippen LogP contribution in [-0.2, 0) is 9.53 Å². The van der Waals surface area contributed by atoms with Crippen molar-refractivity contribution in [3.05, 3.63) is 22.6 Å². The molecule has 0 spiro atoms. The minimum absolute atomic E-state index is 0.0211. The lowest BCUT2D eigenvalue weighted by Gasteiger charge is -2.38. The molecule has 2 rings (SSSR count). The lowest BCUT2D eigenvalue weighted by Crippen LogP contribution is -2.53. The highest BCUT2D eigenvalue weighted by Crippen LogP contribution is 2.18. The molecule has 1 aromatic heterocycles. The topological polar surface area (TPSA) is 63.0 Å². The van der Waals surface area contributed by atoms with Crippen molar-refractivity contribution in [3.63, 3.8) is 0 Å². The monoisotopic (exact) mass is 358 g/mol. The maximum atomic E-state index is 12.3. The molecule has 2 heterocycles. The molecule has 2 amide bonds. The van der Waals surface area contributed by atoms with Gasteiger partial charge in [0.1, 0.15) is 0 Å². The zero-order valence-corrected chi connectivity index (χ0v) is 14.0. The Bertz CT molecular complexity index is 541. The molecule has 0 radical (unpaired) electrons. The van der Waals surface area contributed by atoms with Crippen molar-refractivity contribution in [1.29, 1.82) is 0 Å². The third-order valence-corrected chi connectivity index (χ3v) is 3.71. The summed E-state index contributed by atoms with van der Waals surface area (Å²) >= 11 is 3.15. The fourth-order valence-electron chi connectivity index (χ4n) is 2.22. The van der Waals surface area contributed by atoms with Gasteiger partial charge in [-0.05, 0) is 41.9 Å². The second-order valence-electron chi connectivity index (χ2n) is 5.69. The first kappa shape index (κ1) is 16.0. The zero-order valence-electron chi connectivity index (χ0n) is 12.4. The van der Waals surface area contributed by atoms with Crippen molar-refractivity contribution in [1.82, 2.24) is 9.80 Å². The molecule has 6 nitrogen and oxygen atoms in total. The second-order valence-corrected chi connectivity index (χ2v) is 6.47. The number of nitrogens with zero attached hydrogens (tertiary/aromatic N) is 2. The molecule has 1 aliphatic heterocycles. The Morgan fingerprint density at radius 1 is 1.43 bits per heavy atom. The zero-order chi connectivity index (χ0) is 15.6. The number of carbonyl (C=O) groups is 2. The number of rotatable bonds is 3. The van der Waals surface area contributed by atoms with Crippen LogP contribution < -0.4 is 0 Å². The SMILES string of the molecule is CN(CC(=O)N1CCOC(C)(C)C1)C(=O)c1ccc(Br)o1. The molecule has 21 heavy (non-hydrogen) atoms. The van der Waals surface area contributed by atoms with E-state index in [0.29, 0.717) is 24.4 Å². The van der Waals surface area contributed by atoms with Crippen LogP contribution in [0.25, 0.3) is 0 Å². The maximum Gasteiger partial charge on any atom is 0.289 e. The van der Waals surface area contributed by atoms with Gasteiger partial charge >= 0.3 is 0 Å². The summed E-state index contributed by atoms with van der Waals surface area (Å²) in [5, 5.41) is 0. The summed E-state index contributed by atoms with van der Waals surface area (Å²) in [5.74, 6) is -0.200. The Morgan fingerprint density at radius 3 is 2.71 bits per heavy atom. The lowest BCUT2D eigenvalue weighted by atomic mass is 10.1. The van der Waals surface area contributed by atoms with Crippen LogP contribution in [0.2, 0.25) is 0 Å². The van der Waals surface area contributed by atoms with E-state index >= 15 is 0 Å². The summed E-state index contributed by atoms with van der Waals surface area (Å²) in [4.78, 5) is 27.5. The van der Waals surface area contributed by atoms with Gasteiger partial charge in [0.2, 0.25) is 5.91 Å². The minimum atomic E-state index is -0.345. The number of furan rings is 1. The highest BCUT2D eigenvalue weighted by molar-refractivity contribution is 9.10. The van der Waals surface area contributed by atoms with Gasteiger partial charge in [-0.2, -0.15) is 0 Å². The number of morpholine rings is 1. The van der Waals surface area contributed by atoms with Crippen LogP contribution in [0, 0.1) is 0 Å². The van der Waals surface area contributed by atoms with Crippen molar-refractivity contribution < 1.29 is 18.7 Å². The molecule has 0 saturated carbocycles. The number of carbonyl (C=O) groups excluding carboxylic acids is 2. The molecule has 1 fully saturated rings. The average molecular weight is 359 g/mol. The van der Waals surface area contributed by atoms with Crippen LogP contribution in [0.4, 0.5) is 0 Å². The fraction of sp³-hybridized carbons (Fsp3) is 0.571. The number of hydrogen-bond donors (Lipinski definition) is 0. The molecular weight excluding hydrogens is 340 g/mol. The number of likely N-dealkylation sites (N-methyl/N-ethyl adjacent to an activating group) is 1. The van der Waals surface area contributed by atoms with Crippen LogP contribution in [0.1, 0.15) is 24.4 Å². The summed E-state index contributed by atoms with van der Waals surface area (Å²) in [5.41, 5.74) is -0.345. The van der Waals surface area contributed by atoms with E-state index in [1.54, 1.807) is 24.1 Å². The summed E-state index contributed by atoms with van der Waals surface area (Å²) in [6.45, 7) is 5.51. The van der Waals surface area contributed by atoms with E-state index in [2.05, 4.69) is 15.9 Å². The van der Waals surface area contributed by atoms with E-state index < -0.39 is 0 Å². The molecule has 116 valence electrons. The minimum Gasteiger partial charge on any atom is -0.444 e. The van der Waals surface area contributed by atoms with Gasteiger partial charge in [0.05, 0.1) is 18.8 Å². The van der Waals surface area contributed by atoms with Gasteiger partial charge in [-0.25, -0.2) is 0 Å². The number of ether oxygens (including phenoxy) is 1. The molecule has 7 heteroatoms. The van der Waals surface area contributed by atoms with Crippen LogP contribution in [0.5, 0.6) is 0 Å². The maximum absolute atomic E-state index is 12.3. The third kappa shape index (κ3) is 4.07. The van der Waals surface area contributed by atoms with E-state index in [4.69, 9.17) is 9.15 Å². The molecular formula is C14H19BrN2O4. The summed E-state index contributed by atoms with van der Waals surface area (Å²) in [6, 6.07) is 3.22. The Hall–Kier alpha value is -1.34. The molecule has 0 aliphatic carbocycles. The molecule has 1 saturated heterocycles. The second kappa shape index (κ2) is 6.19. The number of halogens is 1. The van der Waals surface area contributed by atoms with Crippen molar-refractivity contribution in [3.8, 4) is 0 Å². The van der Waals surface area contributed by atoms with Crippen molar-refractivity contribution >= 4 is 27.7 Å². The lowest BCUT2D eigenvalue weighted by molar-refractivity contribution is -0.146. The normalized spacial score (nSPS) is 17.6. The molecule has 0 atom stereocenters. The Kier molecular flexibility index (Phi) is 4.73. The molecule has 0 bridgehead atoms. The summed E-state index contributed by atoms with van der Waals surface area (Å²) < 4.78 is 11.3. The Labute approximate surface area is 132 Å². The van der Waals surface area contributed by atoms with Crippen molar-refractivity contribution in [2.45, 2.75) is 19.4 Å².